The average Bonchev–Trinajstić information content (AvgIpc) is 2.94. The highest BCUT2D eigenvalue weighted by atomic mass is 16.5. The second-order valence-corrected chi connectivity index (χ2v) is 10.7. The Morgan fingerprint density at radius 3 is 2.36 bits per heavy atom. The zero-order chi connectivity index (χ0) is 20.5. The Labute approximate surface area is 170 Å². The number of carbonyl (C=O) groups is 1. The SMILES string of the molecule is COc1cc(C(C)=O)c2c(c1OC)C[C@@H]1[C@@]3(C)CCCC(C)(C)[C@@H]3CC[C@@]21C. The molecule has 3 aliphatic carbocycles. The number of Topliss-reactive ketones (excluding diaryl/α,β-unsaturated/α-hetero) is 1. The maximum atomic E-state index is 12.7. The van der Waals surface area contributed by atoms with Gasteiger partial charge in [-0.1, -0.05) is 34.1 Å². The lowest BCUT2D eigenvalue weighted by atomic mass is 9.43. The van der Waals surface area contributed by atoms with E-state index in [4.69, 9.17) is 9.47 Å². The summed E-state index contributed by atoms with van der Waals surface area (Å²) in [7, 11) is 3.39. The van der Waals surface area contributed by atoms with Crippen LogP contribution in [-0.2, 0) is 11.8 Å². The number of ketones is 1. The number of rotatable bonds is 3. The monoisotopic (exact) mass is 384 g/mol. The van der Waals surface area contributed by atoms with E-state index in [9.17, 15) is 4.79 Å². The summed E-state index contributed by atoms with van der Waals surface area (Å²) in [5.41, 5.74) is 4.06. The molecule has 0 aliphatic heterocycles. The largest absolute Gasteiger partial charge is 0.493 e. The van der Waals surface area contributed by atoms with Crippen molar-refractivity contribution in [2.24, 2.45) is 22.7 Å². The van der Waals surface area contributed by atoms with Gasteiger partial charge in [-0.2, -0.15) is 0 Å². The number of carbonyl (C=O) groups excluding carboxylic acids is 1. The van der Waals surface area contributed by atoms with E-state index in [0.29, 0.717) is 22.5 Å². The maximum absolute atomic E-state index is 12.7. The van der Waals surface area contributed by atoms with E-state index in [0.717, 1.165) is 30.1 Å². The van der Waals surface area contributed by atoms with Crippen LogP contribution in [0.25, 0.3) is 0 Å². The highest BCUT2D eigenvalue weighted by Crippen LogP contribution is 2.68. The van der Waals surface area contributed by atoms with Gasteiger partial charge in [-0.15, -0.1) is 0 Å². The third-order valence-corrected chi connectivity index (χ3v) is 8.92. The first-order valence-corrected chi connectivity index (χ1v) is 10.9. The van der Waals surface area contributed by atoms with Gasteiger partial charge in [0.2, 0.25) is 0 Å². The zero-order valence-corrected chi connectivity index (χ0v) is 18.7. The molecule has 0 bridgehead atoms. The van der Waals surface area contributed by atoms with E-state index in [1.165, 1.54) is 36.8 Å². The minimum absolute atomic E-state index is 0.0363. The van der Waals surface area contributed by atoms with E-state index in [-0.39, 0.29) is 11.2 Å². The van der Waals surface area contributed by atoms with Gasteiger partial charge in [0, 0.05) is 11.1 Å². The molecule has 0 N–H and O–H groups in total. The average molecular weight is 385 g/mol. The summed E-state index contributed by atoms with van der Waals surface area (Å²) < 4.78 is 11.5. The van der Waals surface area contributed by atoms with Crippen LogP contribution in [0.15, 0.2) is 6.07 Å². The van der Waals surface area contributed by atoms with E-state index in [1.54, 1.807) is 21.1 Å². The molecule has 4 rings (SSSR count). The predicted octanol–water partition coefficient (Wildman–Crippen LogP) is 5.96. The summed E-state index contributed by atoms with van der Waals surface area (Å²) in [6.07, 6.45) is 7.34. The molecule has 0 saturated heterocycles. The van der Waals surface area contributed by atoms with Crippen LogP contribution in [0.4, 0.5) is 0 Å². The Bertz CT molecular complexity index is 824. The highest BCUT2D eigenvalue weighted by molar-refractivity contribution is 5.97. The second kappa shape index (κ2) is 6.24. The summed E-state index contributed by atoms with van der Waals surface area (Å²) in [4.78, 5) is 12.7. The Morgan fingerprint density at radius 1 is 1.04 bits per heavy atom. The van der Waals surface area contributed by atoms with Crippen molar-refractivity contribution in [3.05, 3.63) is 22.8 Å². The molecule has 0 heterocycles. The number of methoxy groups -OCH3 is 2. The molecule has 3 nitrogen and oxygen atoms in total. The molecule has 0 unspecified atom stereocenters. The molecule has 28 heavy (non-hydrogen) atoms. The van der Waals surface area contributed by atoms with Gasteiger partial charge in [0.1, 0.15) is 0 Å². The van der Waals surface area contributed by atoms with Crippen molar-refractivity contribution in [2.45, 2.75) is 78.6 Å². The Kier molecular flexibility index (Phi) is 4.41. The standard InChI is InChI=1S/C25H36O3/c1-15(26)16-13-18(27-6)22(28-7)17-14-20-24(4)11-8-10-23(2,3)19(24)9-12-25(20,5)21(16)17/h13,19-20H,8-12,14H2,1-7H3/t19-,20+,24-,25+/m0/s1. The fraction of sp³-hybridized carbons (Fsp3) is 0.720. The molecule has 154 valence electrons. The van der Waals surface area contributed by atoms with E-state index >= 15 is 0 Å². The van der Waals surface area contributed by atoms with Crippen molar-refractivity contribution in [3.8, 4) is 11.5 Å². The predicted molar refractivity (Wildman–Crippen MR) is 113 cm³/mol. The first-order valence-electron chi connectivity index (χ1n) is 10.9. The summed E-state index contributed by atoms with van der Waals surface area (Å²) >= 11 is 0. The summed E-state index contributed by atoms with van der Waals surface area (Å²) in [5, 5.41) is 0. The molecule has 4 atom stereocenters. The number of hydrogen-bond donors (Lipinski definition) is 0. The molecular weight excluding hydrogens is 348 g/mol. The summed E-state index contributed by atoms with van der Waals surface area (Å²) in [5.74, 6) is 2.96. The smallest absolute Gasteiger partial charge is 0.164 e. The molecule has 0 spiro atoms. The van der Waals surface area contributed by atoms with Crippen molar-refractivity contribution < 1.29 is 14.3 Å². The minimum Gasteiger partial charge on any atom is -0.493 e. The molecule has 0 aromatic heterocycles. The molecule has 1 aromatic rings. The van der Waals surface area contributed by atoms with E-state index < -0.39 is 0 Å². The Balaban J connectivity index is 1.93. The van der Waals surface area contributed by atoms with Crippen LogP contribution in [0.3, 0.4) is 0 Å². The Morgan fingerprint density at radius 2 is 1.75 bits per heavy atom. The minimum atomic E-state index is 0.0363. The first kappa shape index (κ1) is 19.8. The first-order chi connectivity index (χ1) is 13.1. The lowest BCUT2D eigenvalue weighted by Crippen LogP contribution is -2.55. The van der Waals surface area contributed by atoms with Gasteiger partial charge in [-0.25, -0.2) is 0 Å². The van der Waals surface area contributed by atoms with Crippen molar-refractivity contribution in [2.75, 3.05) is 14.2 Å². The van der Waals surface area contributed by atoms with E-state index in [1.807, 2.05) is 6.07 Å². The highest BCUT2D eigenvalue weighted by Gasteiger charge is 2.62. The van der Waals surface area contributed by atoms with Crippen LogP contribution >= 0.6 is 0 Å². The maximum Gasteiger partial charge on any atom is 0.164 e. The van der Waals surface area contributed by atoms with Crippen LogP contribution in [0.1, 0.15) is 88.2 Å². The van der Waals surface area contributed by atoms with Crippen LogP contribution in [0, 0.1) is 22.7 Å². The lowest BCUT2D eigenvalue weighted by Gasteiger charge is -2.61. The van der Waals surface area contributed by atoms with Gasteiger partial charge >= 0.3 is 0 Å². The van der Waals surface area contributed by atoms with Crippen molar-refractivity contribution in [1.82, 2.24) is 0 Å². The van der Waals surface area contributed by atoms with Gasteiger partial charge in [0.15, 0.2) is 17.3 Å². The van der Waals surface area contributed by atoms with Crippen LogP contribution in [-0.4, -0.2) is 20.0 Å². The molecule has 3 aliphatic rings. The number of benzene rings is 1. The molecular formula is C25H36O3. The fourth-order valence-corrected chi connectivity index (χ4v) is 7.81. The third-order valence-electron chi connectivity index (χ3n) is 8.92. The summed E-state index contributed by atoms with van der Waals surface area (Å²) in [6, 6.07) is 1.92. The molecule has 3 heteroatoms. The molecule has 2 fully saturated rings. The number of ether oxygens (including phenoxy) is 2. The number of hydrogen-bond acceptors (Lipinski definition) is 3. The van der Waals surface area contributed by atoms with E-state index in [2.05, 4.69) is 27.7 Å². The third kappa shape index (κ3) is 2.44. The Hall–Kier alpha value is -1.51. The van der Waals surface area contributed by atoms with Crippen LogP contribution < -0.4 is 9.47 Å². The van der Waals surface area contributed by atoms with Gasteiger partial charge in [-0.05, 0) is 78.7 Å². The lowest BCUT2D eigenvalue weighted by molar-refractivity contribution is -0.0983. The topological polar surface area (TPSA) is 35.5 Å². The second-order valence-electron chi connectivity index (χ2n) is 10.7. The molecule has 2 saturated carbocycles. The normalized spacial score (nSPS) is 35.5. The van der Waals surface area contributed by atoms with Crippen molar-refractivity contribution >= 4 is 5.78 Å². The van der Waals surface area contributed by atoms with Crippen LogP contribution in [0.5, 0.6) is 11.5 Å². The van der Waals surface area contributed by atoms with Crippen molar-refractivity contribution in [3.63, 3.8) is 0 Å². The number of fused-ring (bicyclic) bond motifs is 5. The van der Waals surface area contributed by atoms with Gasteiger partial charge in [0.05, 0.1) is 14.2 Å². The molecule has 0 amide bonds. The van der Waals surface area contributed by atoms with Crippen molar-refractivity contribution in [1.29, 1.82) is 0 Å². The van der Waals surface area contributed by atoms with Gasteiger partial charge < -0.3 is 9.47 Å². The molecule has 1 aromatic carbocycles. The van der Waals surface area contributed by atoms with Crippen LogP contribution in [0.2, 0.25) is 0 Å². The van der Waals surface area contributed by atoms with Gasteiger partial charge in [-0.3, -0.25) is 4.79 Å². The zero-order valence-electron chi connectivity index (χ0n) is 18.7. The van der Waals surface area contributed by atoms with Gasteiger partial charge in [0.25, 0.3) is 0 Å². The quantitative estimate of drug-likeness (QED) is 0.603. The molecule has 0 radical (unpaired) electrons. The fourth-order valence-electron chi connectivity index (χ4n) is 7.81. The summed E-state index contributed by atoms with van der Waals surface area (Å²) in [6.45, 7) is 11.6.